The molecule has 0 saturated carbocycles. The topological polar surface area (TPSA) is 57.4 Å². The minimum absolute atomic E-state index is 0.149. The number of amides is 1. The summed E-state index contributed by atoms with van der Waals surface area (Å²) in [5.74, 6) is 0.108. The number of rotatable bonds is 6. The van der Waals surface area contributed by atoms with Crippen LogP contribution in [0.1, 0.15) is 31.4 Å². The second-order valence-corrected chi connectivity index (χ2v) is 9.76. The summed E-state index contributed by atoms with van der Waals surface area (Å²) in [4.78, 5) is 18.7. The van der Waals surface area contributed by atoms with Crippen LogP contribution in [0.25, 0.3) is 17.0 Å². The molecular weight excluding hydrogens is 469 g/mol. The number of benzene rings is 2. The first-order valence-corrected chi connectivity index (χ1v) is 12.3. The Balaban J connectivity index is 1.23. The number of allylic oxidation sites excluding steroid dienone is 2. The summed E-state index contributed by atoms with van der Waals surface area (Å²) in [5, 5.41) is 5.19. The summed E-state index contributed by atoms with van der Waals surface area (Å²) in [7, 11) is 1.52. The number of hydrogen-bond acceptors (Lipinski definition) is 3. The fourth-order valence-electron chi connectivity index (χ4n) is 5.29. The van der Waals surface area contributed by atoms with Gasteiger partial charge in [0.05, 0.1) is 17.2 Å². The standard InChI is InChI=1S/C27H27Cl2N3O2/c1-34-26(9-5-6-18-12-17-13-23(28)24(29)16-25(17)30-18)27(33)31-19-14-21-10-11-22(15-19)32(21)20-7-3-2-4-8-20/h2-9,12-13,16,19,21-22,30H,10-11,14-15H2,1H3,(H,31,33)/b6-5+,26-9+. The molecule has 2 bridgehead atoms. The van der Waals surface area contributed by atoms with Crippen LogP contribution >= 0.6 is 23.2 Å². The van der Waals surface area contributed by atoms with Crippen molar-refractivity contribution in [2.45, 2.75) is 43.8 Å². The Kier molecular flexibility index (Phi) is 6.57. The van der Waals surface area contributed by atoms with E-state index in [0.717, 1.165) is 29.4 Å². The molecule has 3 aromatic rings. The number of carbonyl (C=O) groups excluding carboxylic acids is 1. The molecule has 3 heterocycles. The van der Waals surface area contributed by atoms with Crippen LogP contribution in [0.2, 0.25) is 10.0 Å². The van der Waals surface area contributed by atoms with Gasteiger partial charge in [-0.2, -0.15) is 0 Å². The number of nitrogens with zero attached hydrogens (tertiary/aromatic N) is 1. The smallest absolute Gasteiger partial charge is 0.286 e. The Hall–Kier alpha value is -2.89. The zero-order valence-corrected chi connectivity index (χ0v) is 20.4. The van der Waals surface area contributed by atoms with Crippen LogP contribution in [0.15, 0.2) is 66.4 Å². The zero-order chi connectivity index (χ0) is 23.7. The molecule has 5 rings (SSSR count). The summed E-state index contributed by atoms with van der Waals surface area (Å²) >= 11 is 12.2. The number of fused-ring (bicyclic) bond motifs is 3. The van der Waals surface area contributed by atoms with E-state index in [1.54, 1.807) is 18.2 Å². The summed E-state index contributed by atoms with van der Waals surface area (Å²) in [6.45, 7) is 0. The second-order valence-electron chi connectivity index (χ2n) is 8.94. The number of ether oxygens (including phenoxy) is 1. The predicted molar refractivity (Wildman–Crippen MR) is 139 cm³/mol. The molecule has 0 spiro atoms. The van der Waals surface area contributed by atoms with Gasteiger partial charge >= 0.3 is 0 Å². The average Bonchev–Trinajstić information content (AvgIpc) is 3.34. The normalized spacial score (nSPS) is 22.5. The van der Waals surface area contributed by atoms with Crippen molar-refractivity contribution in [3.8, 4) is 0 Å². The molecule has 2 fully saturated rings. The van der Waals surface area contributed by atoms with Crippen molar-refractivity contribution >= 4 is 51.8 Å². The number of aromatic amines is 1. The van der Waals surface area contributed by atoms with Crippen molar-refractivity contribution in [2.75, 3.05) is 12.0 Å². The fraction of sp³-hybridized carbons (Fsp3) is 0.296. The minimum Gasteiger partial charge on any atom is -0.491 e. The van der Waals surface area contributed by atoms with E-state index in [-0.39, 0.29) is 17.7 Å². The molecular formula is C27H27Cl2N3O2. The number of aromatic nitrogens is 1. The van der Waals surface area contributed by atoms with E-state index in [0.29, 0.717) is 22.1 Å². The summed E-state index contributed by atoms with van der Waals surface area (Å²) in [6.07, 6.45) is 9.61. The monoisotopic (exact) mass is 495 g/mol. The Bertz CT molecular complexity index is 1200. The minimum atomic E-state index is -0.181. The highest BCUT2D eigenvalue weighted by Crippen LogP contribution is 2.39. The van der Waals surface area contributed by atoms with E-state index in [9.17, 15) is 4.79 Å². The lowest BCUT2D eigenvalue weighted by Gasteiger charge is -2.40. The van der Waals surface area contributed by atoms with Gasteiger partial charge in [0.15, 0.2) is 5.76 Å². The van der Waals surface area contributed by atoms with Gasteiger partial charge < -0.3 is 19.9 Å². The summed E-state index contributed by atoms with van der Waals surface area (Å²) < 4.78 is 5.38. The maximum Gasteiger partial charge on any atom is 0.286 e. The molecule has 5 nitrogen and oxygen atoms in total. The molecule has 1 aromatic heterocycles. The highest BCUT2D eigenvalue weighted by Gasteiger charge is 2.41. The number of methoxy groups -OCH3 is 1. The van der Waals surface area contributed by atoms with Gasteiger partial charge in [0, 0.05) is 40.4 Å². The Morgan fingerprint density at radius 3 is 2.50 bits per heavy atom. The molecule has 2 unspecified atom stereocenters. The van der Waals surface area contributed by atoms with Crippen molar-refractivity contribution in [3.63, 3.8) is 0 Å². The van der Waals surface area contributed by atoms with Crippen LogP contribution in [-0.4, -0.2) is 36.1 Å². The molecule has 1 amide bonds. The third-order valence-electron chi connectivity index (χ3n) is 6.77. The van der Waals surface area contributed by atoms with Gasteiger partial charge in [-0.3, -0.25) is 4.79 Å². The lowest BCUT2D eigenvalue weighted by molar-refractivity contribution is -0.121. The van der Waals surface area contributed by atoms with Crippen molar-refractivity contribution in [1.29, 1.82) is 0 Å². The third kappa shape index (κ3) is 4.68. The van der Waals surface area contributed by atoms with E-state index in [2.05, 4.69) is 45.5 Å². The number of para-hydroxylation sites is 1. The molecule has 2 aliphatic rings. The zero-order valence-electron chi connectivity index (χ0n) is 18.9. The molecule has 34 heavy (non-hydrogen) atoms. The Labute approximate surface area is 209 Å². The number of anilines is 1. The lowest BCUT2D eigenvalue weighted by atomic mass is 9.96. The van der Waals surface area contributed by atoms with Gasteiger partial charge in [0.2, 0.25) is 0 Å². The fourth-order valence-corrected chi connectivity index (χ4v) is 5.62. The highest BCUT2D eigenvalue weighted by molar-refractivity contribution is 6.42. The molecule has 7 heteroatoms. The summed E-state index contributed by atoms with van der Waals surface area (Å²) in [6, 6.07) is 17.3. The Morgan fingerprint density at radius 2 is 1.79 bits per heavy atom. The van der Waals surface area contributed by atoms with E-state index in [4.69, 9.17) is 27.9 Å². The van der Waals surface area contributed by atoms with Crippen LogP contribution < -0.4 is 10.2 Å². The van der Waals surface area contributed by atoms with Gasteiger partial charge in [0.25, 0.3) is 5.91 Å². The molecule has 2 aliphatic heterocycles. The number of piperidine rings is 1. The van der Waals surface area contributed by atoms with Crippen LogP contribution in [-0.2, 0) is 9.53 Å². The molecule has 2 N–H and O–H groups in total. The number of H-pyrrole nitrogens is 1. The van der Waals surface area contributed by atoms with Crippen LogP contribution in [0.4, 0.5) is 5.69 Å². The van der Waals surface area contributed by atoms with Gasteiger partial charge in [0.1, 0.15) is 0 Å². The van der Waals surface area contributed by atoms with E-state index in [1.165, 1.54) is 25.6 Å². The number of nitrogens with one attached hydrogen (secondary N) is 2. The third-order valence-corrected chi connectivity index (χ3v) is 7.49. The largest absolute Gasteiger partial charge is 0.491 e. The van der Waals surface area contributed by atoms with Crippen LogP contribution in [0.5, 0.6) is 0 Å². The number of carbonyl (C=O) groups is 1. The molecule has 2 saturated heterocycles. The Morgan fingerprint density at radius 1 is 1.09 bits per heavy atom. The van der Waals surface area contributed by atoms with Gasteiger partial charge in [-0.05, 0) is 68.2 Å². The molecule has 2 atom stereocenters. The van der Waals surface area contributed by atoms with Crippen molar-refractivity contribution in [1.82, 2.24) is 10.3 Å². The maximum absolute atomic E-state index is 12.9. The first-order chi connectivity index (χ1) is 16.5. The first kappa shape index (κ1) is 22.9. The number of halogens is 2. The molecule has 0 aliphatic carbocycles. The van der Waals surface area contributed by atoms with Crippen molar-refractivity contribution in [3.05, 3.63) is 82.2 Å². The quantitative estimate of drug-likeness (QED) is 0.238. The molecule has 2 aromatic carbocycles. The van der Waals surface area contributed by atoms with Gasteiger partial charge in [-0.1, -0.05) is 47.5 Å². The first-order valence-electron chi connectivity index (χ1n) is 11.6. The van der Waals surface area contributed by atoms with Gasteiger partial charge in [-0.25, -0.2) is 0 Å². The van der Waals surface area contributed by atoms with Gasteiger partial charge in [-0.15, -0.1) is 0 Å². The highest BCUT2D eigenvalue weighted by atomic mass is 35.5. The predicted octanol–water partition coefficient (Wildman–Crippen LogP) is 6.33. The van der Waals surface area contributed by atoms with Crippen LogP contribution in [0, 0.1) is 0 Å². The van der Waals surface area contributed by atoms with Crippen LogP contribution in [0.3, 0.4) is 0 Å². The van der Waals surface area contributed by atoms with E-state index >= 15 is 0 Å². The molecule has 0 radical (unpaired) electrons. The van der Waals surface area contributed by atoms with Crippen molar-refractivity contribution < 1.29 is 9.53 Å². The number of hydrogen-bond donors (Lipinski definition) is 2. The van der Waals surface area contributed by atoms with E-state index < -0.39 is 0 Å². The summed E-state index contributed by atoms with van der Waals surface area (Å²) in [5.41, 5.74) is 3.06. The second kappa shape index (κ2) is 9.77. The maximum atomic E-state index is 12.9. The van der Waals surface area contributed by atoms with Crippen molar-refractivity contribution in [2.24, 2.45) is 0 Å². The van der Waals surface area contributed by atoms with E-state index in [1.807, 2.05) is 18.2 Å². The lowest BCUT2D eigenvalue weighted by Crippen LogP contribution is -2.50. The average molecular weight is 496 g/mol. The molecule has 176 valence electrons. The SMILES string of the molecule is CO/C(=C/C=C/c1cc2cc(Cl)c(Cl)cc2[nH]1)C(=O)NC1CC2CCC(C1)N2c1ccccc1.